The number of aromatic nitrogens is 1. The first-order valence-corrected chi connectivity index (χ1v) is 10.3. The number of hydrogen-bond donors (Lipinski definition) is 2. The van der Waals surface area contributed by atoms with Gasteiger partial charge in [-0.25, -0.2) is 13.1 Å². The lowest BCUT2D eigenvalue weighted by molar-refractivity contribution is 0.0277. The number of hydrogen-bond acceptors (Lipinski definition) is 6. The molecule has 0 bridgehead atoms. The molecule has 1 saturated carbocycles. The minimum atomic E-state index is -3.57. The van der Waals surface area contributed by atoms with Crippen LogP contribution in [0.15, 0.2) is 20.9 Å². The van der Waals surface area contributed by atoms with Gasteiger partial charge in [0.1, 0.15) is 9.97 Å². The summed E-state index contributed by atoms with van der Waals surface area (Å²) in [6.45, 7) is 5.62. The van der Waals surface area contributed by atoms with Gasteiger partial charge < -0.3 is 9.63 Å². The average molecular weight is 370 g/mol. The molecule has 1 atom stereocenters. The molecule has 0 amide bonds. The van der Waals surface area contributed by atoms with E-state index in [0.29, 0.717) is 25.0 Å². The van der Waals surface area contributed by atoms with E-state index in [1.54, 1.807) is 12.1 Å². The smallest absolute Gasteiger partial charge is 0.250 e. The molecule has 0 spiro atoms. The van der Waals surface area contributed by atoms with Gasteiger partial charge in [-0.15, -0.1) is 11.3 Å². The fourth-order valence-electron chi connectivity index (χ4n) is 3.16. The van der Waals surface area contributed by atoms with Gasteiger partial charge in [0.2, 0.25) is 10.0 Å². The summed E-state index contributed by atoms with van der Waals surface area (Å²) in [5.41, 5.74) is 1.61. The summed E-state index contributed by atoms with van der Waals surface area (Å²) < 4.78 is 33.6. The molecule has 6 nitrogen and oxygen atoms in total. The molecular weight excluding hydrogens is 348 g/mol. The Balaban J connectivity index is 1.80. The van der Waals surface area contributed by atoms with E-state index in [0.717, 1.165) is 16.1 Å². The van der Waals surface area contributed by atoms with Crippen LogP contribution in [0.1, 0.15) is 37.6 Å². The highest BCUT2D eigenvalue weighted by Crippen LogP contribution is 2.36. The molecule has 3 rings (SSSR count). The zero-order valence-electron chi connectivity index (χ0n) is 13.9. The van der Waals surface area contributed by atoms with E-state index >= 15 is 0 Å². The van der Waals surface area contributed by atoms with Crippen LogP contribution in [0.3, 0.4) is 0 Å². The first-order valence-electron chi connectivity index (χ1n) is 8.05. The molecule has 24 heavy (non-hydrogen) atoms. The van der Waals surface area contributed by atoms with Crippen LogP contribution in [0.4, 0.5) is 0 Å². The molecule has 1 unspecified atom stereocenters. The summed E-state index contributed by atoms with van der Waals surface area (Å²) in [4.78, 5) is 0.832. The van der Waals surface area contributed by atoms with Crippen molar-refractivity contribution >= 4 is 21.4 Å². The van der Waals surface area contributed by atoms with Crippen LogP contribution in [0.5, 0.6) is 0 Å². The summed E-state index contributed by atoms with van der Waals surface area (Å²) in [6, 6.07) is 3.28. The minimum Gasteiger partial charge on any atom is -0.393 e. The predicted octanol–water partition coefficient (Wildman–Crippen LogP) is 2.85. The third kappa shape index (κ3) is 3.28. The Kier molecular flexibility index (Phi) is 4.83. The monoisotopic (exact) mass is 370 g/mol. The summed E-state index contributed by atoms with van der Waals surface area (Å²) in [5, 5.41) is 13.4. The third-order valence-corrected chi connectivity index (χ3v) is 7.68. The van der Waals surface area contributed by atoms with Crippen LogP contribution in [-0.4, -0.2) is 30.8 Å². The summed E-state index contributed by atoms with van der Waals surface area (Å²) in [6.07, 6.45) is 1.74. The zero-order valence-corrected chi connectivity index (χ0v) is 15.6. The van der Waals surface area contributed by atoms with Crippen molar-refractivity contribution < 1.29 is 18.0 Å². The Morgan fingerprint density at radius 2 is 2.12 bits per heavy atom. The average Bonchev–Trinajstić information content (AvgIpc) is 3.09. The number of rotatable bonds is 6. The van der Waals surface area contributed by atoms with E-state index in [4.69, 9.17) is 4.52 Å². The maximum absolute atomic E-state index is 12.7. The van der Waals surface area contributed by atoms with Crippen LogP contribution < -0.4 is 4.72 Å². The van der Waals surface area contributed by atoms with E-state index in [1.807, 2.05) is 20.8 Å². The molecule has 0 aromatic carbocycles. The highest BCUT2D eigenvalue weighted by molar-refractivity contribution is 7.91. The van der Waals surface area contributed by atoms with E-state index in [1.165, 1.54) is 11.3 Å². The molecule has 2 aromatic rings. The van der Waals surface area contributed by atoms with Crippen molar-refractivity contribution in [3.63, 3.8) is 0 Å². The number of sulfonamides is 1. The second kappa shape index (κ2) is 6.59. The Labute approximate surface area is 145 Å². The number of thiophene rings is 1. The second-order valence-electron chi connectivity index (χ2n) is 6.34. The van der Waals surface area contributed by atoms with Crippen molar-refractivity contribution in [2.24, 2.45) is 5.92 Å². The van der Waals surface area contributed by atoms with Gasteiger partial charge in [-0.1, -0.05) is 12.1 Å². The predicted molar refractivity (Wildman–Crippen MR) is 92.4 cm³/mol. The van der Waals surface area contributed by atoms with Crippen molar-refractivity contribution in [2.45, 2.75) is 56.4 Å². The zero-order chi connectivity index (χ0) is 17.5. The lowest BCUT2D eigenvalue weighted by Crippen LogP contribution is -2.46. The molecular formula is C16H22N2O4S2. The van der Waals surface area contributed by atoms with Crippen molar-refractivity contribution in [1.29, 1.82) is 0 Å². The molecule has 1 aliphatic carbocycles. The van der Waals surface area contributed by atoms with E-state index < -0.39 is 10.0 Å². The highest BCUT2D eigenvalue weighted by Gasteiger charge is 2.35. The lowest BCUT2D eigenvalue weighted by atomic mass is 9.77. The van der Waals surface area contributed by atoms with Crippen molar-refractivity contribution in [2.75, 3.05) is 0 Å². The Hall–Kier alpha value is -1.22. The van der Waals surface area contributed by atoms with Gasteiger partial charge in [-0.05, 0) is 51.2 Å². The molecule has 2 aromatic heterocycles. The fourth-order valence-corrected chi connectivity index (χ4v) is 6.02. The second-order valence-corrected chi connectivity index (χ2v) is 9.36. The molecule has 1 aliphatic rings. The third-order valence-electron chi connectivity index (χ3n) is 4.59. The van der Waals surface area contributed by atoms with Gasteiger partial charge in [-0.2, -0.15) is 0 Å². The molecule has 2 heterocycles. The van der Waals surface area contributed by atoms with Crippen molar-refractivity contribution in [1.82, 2.24) is 9.88 Å². The van der Waals surface area contributed by atoms with Crippen molar-refractivity contribution in [3.8, 4) is 10.4 Å². The van der Waals surface area contributed by atoms with Crippen LogP contribution in [-0.2, 0) is 10.0 Å². The fraction of sp³-hybridized carbons (Fsp3) is 0.562. The SMILES string of the molecule is CCC(NS(=O)(=O)c1ccc(-c2c(C)noc2C)s1)C1CC(O)C1. The Morgan fingerprint density at radius 3 is 2.67 bits per heavy atom. The Bertz CT molecular complexity index is 800. The van der Waals surface area contributed by atoms with Gasteiger partial charge in [0.05, 0.1) is 17.4 Å². The molecule has 0 radical (unpaired) electrons. The molecule has 8 heteroatoms. The summed E-state index contributed by atoms with van der Waals surface area (Å²) in [7, 11) is -3.57. The van der Waals surface area contributed by atoms with Crippen molar-refractivity contribution in [3.05, 3.63) is 23.6 Å². The van der Waals surface area contributed by atoms with Crippen LogP contribution in [0, 0.1) is 19.8 Å². The summed E-state index contributed by atoms with van der Waals surface area (Å²) in [5.74, 6) is 0.892. The number of nitrogens with zero attached hydrogens (tertiary/aromatic N) is 1. The first-order chi connectivity index (χ1) is 11.3. The number of nitrogens with one attached hydrogen (secondary N) is 1. The van der Waals surface area contributed by atoms with E-state index in [9.17, 15) is 13.5 Å². The standard InChI is InChI=1S/C16H22N2O4S2/c1-4-13(11-7-12(19)8-11)18-24(20,21)15-6-5-14(23-15)16-9(2)17-22-10(16)3/h5-6,11-13,18-19H,4,7-8H2,1-3H3. The molecule has 2 N–H and O–H groups in total. The maximum atomic E-state index is 12.7. The van der Waals surface area contributed by atoms with Gasteiger partial charge in [-0.3, -0.25) is 0 Å². The highest BCUT2D eigenvalue weighted by atomic mass is 32.2. The molecule has 0 saturated heterocycles. The quantitative estimate of drug-likeness (QED) is 0.816. The Morgan fingerprint density at radius 1 is 1.42 bits per heavy atom. The largest absolute Gasteiger partial charge is 0.393 e. The van der Waals surface area contributed by atoms with E-state index in [-0.39, 0.29) is 22.3 Å². The number of aliphatic hydroxyl groups is 1. The minimum absolute atomic E-state index is 0.136. The number of aliphatic hydroxyl groups excluding tert-OH is 1. The van der Waals surface area contributed by atoms with Crippen LogP contribution in [0.25, 0.3) is 10.4 Å². The van der Waals surface area contributed by atoms with Gasteiger partial charge in [0.25, 0.3) is 0 Å². The summed E-state index contributed by atoms with van der Waals surface area (Å²) >= 11 is 1.22. The van der Waals surface area contributed by atoms with E-state index in [2.05, 4.69) is 9.88 Å². The molecule has 0 aliphatic heterocycles. The first kappa shape index (κ1) is 17.6. The normalized spacial score (nSPS) is 22.3. The van der Waals surface area contributed by atoms with Gasteiger partial charge >= 0.3 is 0 Å². The lowest BCUT2D eigenvalue weighted by Gasteiger charge is -2.37. The van der Waals surface area contributed by atoms with Gasteiger partial charge in [0.15, 0.2) is 0 Å². The van der Waals surface area contributed by atoms with Crippen LogP contribution in [0.2, 0.25) is 0 Å². The topological polar surface area (TPSA) is 92.4 Å². The number of aryl methyl sites for hydroxylation is 2. The van der Waals surface area contributed by atoms with Crippen LogP contribution >= 0.6 is 11.3 Å². The molecule has 1 fully saturated rings. The molecule has 132 valence electrons. The van der Waals surface area contributed by atoms with Gasteiger partial charge in [0, 0.05) is 10.9 Å². The maximum Gasteiger partial charge on any atom is 0.250 e.